The van der Waals surface area contributed by atoms with Gasteiger partial charge >= 0.3 is 0 Å². The van der Waals surface area contributed by atoms with Gasteiger partial charge in [-0.2, -0.15) is 0 Å². The average molecular weight is 258 g/mol. The molecule has 18 heavy (non-hydrogen) atoms. The molecule has 1 atom stereocenters. The van der Waals surface area contributed by atoms with Crippen LogP contribution in [-0.4, -0.2) is 14.2 Å². The van der Waals surface area contributed by atoms with Crippen molar-refractivity contribution >= 4 is 9.84 Å². The third kappa shape index (κ3) is 1.85. The number of hydrogen-bond acceptors (Lipinski definition) is 2. The molecule has 0 amide bonds. The molecule has 0 saturated heterocycles. The Labute approximate surface area is 107 Å². The van der Waals surface area contributed by atoms with Crippen molar-refractivity contribution < 1.29 is 8.42 Å². The van der Waals surface area contributed by atoms with Crippen molar-refractivity contribution in [3.63, 3.8) is 0 Å². The van der Waals surface area contributed by atoms with Crippen molar-refractivity contribution in [2.24, 2.45) is 0 Å². The number of aryl methyl sites for hydroxylation is 1. The number of rotatable bonds is 1. The Hall–Kier alpha value is -1.61. The molecule has 3 rings (SSSR count). The number of fused-ring (bicyclic) bond motifs is 1. The van der Waals surface area contributed by atoms with Crippen molar-refractivity contribution in [3.05, 3.63) is 71.3 Å². The molecule has 0 radical (unpaired) electrons. The van der Waals surface area contributed by atoms with Gasteiger partial charge in [0, 0.05) is 0 Å². The maximum atomic E-state index is 12.3. The summed E-state index contributed by atoms with van der Waals surface area (Å²) in [6.07, 6.45) is 0.627. The Morgan fingerprint density at radius 3 is 2.33 bits per heavy atom. The normalized spacial score (nSPS) is 21.2. The third-order valence-electron chi connectivity index (χ3n) is 3.45. The van der Waals surface area contributed by atoms with E-state index < -0.39 is 15.1 Å². The Kier molecular flexibility index (Phi) is 2.71. The highest BCUT2D eigenvalue weighted by molar-refractivity contribution is 7.91. The van der Waals surface area contributed by atoms with Crippen LogP contribution in [0.2, 0.25) is 0 Å². The van der Waals surface area contributed by atoms with Crippen LogP contribution >= 0.6 is 0 Å². The molecule has 0 aromatic heterocycles. The summed E-state index contributed by atoms with van der Waals surface area (Å²) in [4.78, 5) is 0. The second kappa shape index (κ2) is 4.25. The zero-order valence-corrected chi connectivity index (χ0v) is 10.7. The predicted molar refractivity (Wildman–Crippen MR) is 72.2 cm³/mol. The van der Waals surface area contributed by atoms with E-state index in [1.807, 2.05) is 54.6 Å². The first-order chi connectivity index (χ1) is 8.68. The molecule has 0 aliphatic carbocycles. The third-order valence-corrected chi connectivity index (χ3v) is 5.47. The van der Waals surface area contributed by atoms with Crippen molar-refractivity contribution in [3.8, 4) is 0 Å². The van der Waals surface area contributed by atoms with Gasteiger partial charge in [-0.3, -0.25) is 0 Å². The minimum atomic E-state index is -3.09. The molecule has 2 aromatic carbocycles. The van der Waals surface area contributed by atoms with Crippen molar-refractivity contribution in [2.45, 2.75) is 11.7 Å². The fourth-order valence-corrected chi connectivity index (χ4v) is 4.52. The fraction of sp³-hybridized carbons (Fsp3) is 0.200. The lowest BCUT2D eigenvalue weighted by Gasteiger charge is -2.26. The molecule has 3 heteroatoms. The van der Waals surface area contributed by atoms with E-state index in [1.165, 1.54) is 0 Å². The molecular formula is C15H14O2S. The van der Waals surface area contributed by atoms with Gasteiger partial charge in [0.25, 0.3) is 0 Å². The summed E-state index contributed by atoms with van der Waals surface area (Å²) in [5.74, 6) is 0.240. The van der Waals surface area contributed by atoms with Gasteiger partial charge in [0.15, 0.2) is 9.84 Å². The van der Waals surface area contributed by atoms with Gasteiger partial charge in [0.1, 0.15) is 5.25 Å². The molecule has 1 heterocycles. The first kappa shape index (κ1) is 11.5. The van der Waals surface area contributed by atoms with Crippen LogP contribution in [0.5, 0.6) is 0 Å². The fourth-order valence-electron chi connectivity index (χ4n) is 2.60. The molecule has 2 aromatic rings. The number of sulfone groups is 1. The highest BCUT2D eigenvalue weighted by atomic mass is 32.2. The van der Waals surface area contributed by atoms with E-state index in [0.717, 1.165) is 16.7 Å². The second-order valence-electron chi connectivity index (χ2n) is 4.61. The summed E-state index contributed by atoms with van der Waals surface area (Å²) in [5, 5.41) is -0.497. The van der Waals surface area contributed by atoms with Crippen LogP contribution in [0.4, 0.5) is 0 Å². The average Bonchev–Trinajstić information content (AvgIpc) is 2.39. The standard InChI is InChI=1S/C15H14O2S/c16-18(17)11-10-12-6-4-5-9-14(12)15(18)13-7-2-1-3-8-13/h1-9,15H,10-11H2. The van der Waals surface area contributed by atoms with Gasteiger partial charge in [-0.1, -0.05) is 54.6 Å². The Bertz CT molecular complexity index is 660. The van der Waals surface area contributed by atoms with E-state index in [1.54, 1.807) is 0 Å². The molecule has 0 N–H and O–H groups in total. The molecule has 0 fully saturated rings. The van der Waals surface area contributed by atoms with Crippen LogP contribution < -0.4 is 0 Å². The molecule has 0 bridgehead atoms. The molecule has 92 valence electrons. The van der Waals surface area contributed by atoms with E-state index in [4.69, 9.17) is 0 Å². The van der Waals surface area contributed by atoms with E-state index in [9.17, 15) is 8.42 Å². The Morgan fingerprint density at radius 2 is 1.56 bits per heavy atom. The van der Waals surface area contributed by atoms with Gasteiger partial charge < -0.3 is 0 Å². The predicted octanol–water partition coefficient (Wildman–Crippen LogP) is 2.75. The molecule has 1 unspecified atom stereocenters. The molecule has 1 aliphatic heterocycles. The minimum Gasteiger partial charge on any atom is -0.228 e. The lowest BCUT2D eigenvalue weighted by Crippen LogP contribution is -2.25. The van der Waals surface area contributed by atoms with E-state index >= 15 is 0 Å². The molecule has 0 saturated carbocycles. The summed E-state index contributed by atoms with van der Waals surface area (Å²) in [5.41, 5.74) is 2.96. The van der Waals surface area contributed by atoms with Gasteiger partial charge in [0.2, 0.25) is 0 Å². The summed E-state index contributed by atoms with van der Waals surface area (Å²) in [7, 11) is -3.09. The van der Waals surface area contributed by atoms with Crippen LogP contribution in [-0.2, 0) is 16.3 Å². The topological polar surface area (TPSA) is 34.1 Å². The van der Waals surface area contributed by atoms with E-state index in [2.05, 4.69) is 0 Å². The van der Waals surface area contributed by atoms with Gasteiger partial charge in [-0.15, -0.1) is 0 Å². The summed E-state index contributed by atoms with van der Waals surface area (Å²) in [6.45, 7) is 0. The maximum Gasteiger partial charge on any atom is 0.161 e. The molecular weight excluding hydrogens is 244 g/mol. The van der Waals surface area contributed by atoms with Gasteiger partial charge in [0.05, 0.1) is 5.75 Å². The molecule has 1 aliphatic rings. The van der Waals surface area contributed by atoms with Crippen LogP contribution in [0.15, 0.2) is 54.6 Å². The monoisotopic (exact) mass is 258 g/mol. The van der Waals surface area contributed by atoms with E-state index in [0.29, 0.717) is 6.42 Å². The van der Waals surface area contributed by atoms with E-state index in [-0.39, 0.29) is 5.75 Å². The first-order valence-electron chi connectivity index (χ1n) is 6.03. The van der Waals surface area contributed by atoms with Crippen molar-refractivity contribution in [1.29, 1.82) is 0 Å². The minimum absolute atomic E-state index is 0.240. The van der Waals surface area contributed by atoms with Crippen LogP contribution in [0.25, 0.3) is 0 Å². The lowest BCUT2D eigenvalue weighted by molar-refractivity contribution is 0.584. The number of benzene rings is 2. The Balaban J connectivity index is 2.22. The quantitative estimate of drug-likeness (QED) is 0.788. The van der Waals surface area contributed by atoms with Gasteiger partial charge in [-0.25, -0.2) is 8.42 Å². The summed E-state index contributed by atoms with van der Waals surface area (Å²) < 4.78 is 24.7. The zero-order valence-electron chi connectivity index (χ0n) is 9.91. The van der Waals surface area contributed by atoms with Gasteiger partial charge in [-0.05, 0) is 23.1 Å². The van der Waals surface area contributed by atoms with Crippen LogP contribution in [0, 0.1) is 0 Å². The maximum absolute atomic E-state index is 12.3. The highest BCUT2D eigenvalue weighted by Gasteiger charge is 2.33. The van der Waals surface area contributed by atoms with Crippen molar-refractivity contribution in [2.75, 3.05) is 5.75 Å². The highest BCUT2D eigenvalue weighted by Crippen LogP contribution is 2.36. The lowest BCUT2D eigenvalue weighted by atomic mass is 9.97. The summed E-state index contributed by atoms with van der Waals surface area (Å²) in [6, 6.07) is 17.3. The number of hydrogen-bond donors (Lipinski definition) is 0. The smallest absolute Gasteiger partial charge is 0.161 e. The largest absolute Gasteiger partial charge is 0.228 e. The second-order valence-corrected chi connectivity index (χ2v) is 6.81. The van der Waals surface area contributed by atoms with Crippen molar-refractivity contribution in [1.82, 2.24) is 0 Å². The SMILES string of the molecule is O=S1(=O)CCc2ccccc2C1c1ccccc1. The van der Waals surface area contributed by atoms with Crippen LogP contribution in [0.3, 0.4) is 0 Å². The Morgan fingerprint density at radius 1 is 0.889 bits per heavy atom. The molecule has 0 spiro atoms. The summed E-state index contributed by atoms with van der Waals surface area (Å²) >= 11 is 0. The molecule has 2 nitrogen and oxygen atoms in total. The van der Waals surface area contributed by atoms with Crippen LogP contribution in [0.1, 0.15) is 21.9 Å². The first-order valence-corrected chi connectivity index (χ1v) is 7.74. The zero-order chi connectivity index (χ0) is 12.6.